The van der Waals surface area contributed by atoms with E-state index in [0.29, 0.717) is 0 Å². The zero-order valence-electron chi connectivity index (χ0n) is 9.50. The Morgan fingerprint density at radius 1 is 1.39 bits per heavy atom. The highest BCUT2D eigenvalue weighted by Crippen LogP contribution is 2.32. The third kappa shape index (κ3) is 2.66. The number of hydrogen-bond acceptors (Lipinski definition) is 5. The molecule has 2 rings (SSSR count). The summed E-state index contributed by atoms with van der Waals surface area (Å²) < 4.78 is 26.2. The van der Waals surface area contributed by atoms with Crippen LogP contribution in [0.25, 0.3) is 0 Å². The highest BCUT2D eigenvalue weighted by Gasteiger charge is 2.39. The molecule has 0 aliphatic heterocycles. The molecule has 1 aliphatic carbocycles. The first-order valence-electron chi connectivity index (χ1n) is 5.36. The molecule has 8 heteroatoms. The molecule has 0 radical (unpaired) electrons. The lowest BCUT2D eigenvalue weighted by molar-refractivity contribution is -0.387. The summed E-state index contributed by atoms with van der Waals surface area (Å²) in [7, 11) is -3.90. The normalized spacial score (nSPS) is 17.4. The first kappa shape index (κ1) is 12.9. The van der Waals surface area contributed by atoms with E-state index in [0.717, 1.165) is 18.9 Å². The van der Waals surface area contributed by atoms with Crippen molar-refractivity contribution < 1.29 is 13.3 Å². The largest absolute Gasteiger partial charge is 0.324 e. The van der Waals surface area contributed by atoms with Crippen molar-refractivity contribution in [1.82, 2.24) is 4.72 Å². The standard InChI is InChI=1S/C10H13N3O4S/c11-10(5-6-10)7-12-18(16,17)9-4-2-1-3-8(9)13(14)15/h1-4,12H,5-7,11H2. The molecule has 0 unspecified atom stereocenters. The van der Waals surface area contributed by atoms with Gasteiger partial charge in [0.25, 0.3) is 5.69 Å². The predicted molar refractivity (Wildman–Crippen MR) is 64.4 cm³/mol. The second-order valence-corrected chi connectivity index (χ2v) is 6.15. The molecule has 1 aliphatic rings. The fourth-order valence-corrected chi connectivity index (χ4v) is 2.80. The molecule has 1 aromatic rings. The summed E-state index contributed by atoms with van der Waals surface area (Å²) in [6, 6.07) is 5.22. The van der Waals surface area contributed by atoms with Gasteiger partial charge in [-0.2, -0.15) is 0 Å². The number of para-hydroxylation sites is 1. The summed E-state index contributed by atoms with van der Waals surface area (Å²) in [6.45, 7) is 0.0986. The molecule has 0 bridgehead atoms. The number of nitro benzene ring substituents is 1. The van der Waals surface area contributed by atoms with Crippen LogP contribution in [0.2, 0.25) is 0 Å². The molecular weight excluding hydrogens is 258 g/mol. The minimum Gasteiger partial charge on any atom is -0.324 e. The molecule has 98 valence electrons. The summed E-state index contributed by atoms with van der Waals surface area (Å²) in [5.74, 6) is 0. The van der Waals surface area contributed by atoms with E-state index < -0.39 is 26.2 Å². The topological polar surface area (TPSA) is 115 Å². The van der Waals surface area contributed by atoms with Gasteiger partial charge in [0.05, 0.1) is 4.92 Å². The minimum absolute atomic E-state index is 0.0986. The Hall–Kier alpha value is -1.51. The van der Waals surface area contributed by atoms with Gasteiger partial charge in [0.15, 0.2) is 4.90 Å². The fourth-order valence-electron chi connectivity index (χ4n) is 1.49. The molecule has 7 nitrogen and oxygen atoms in total. The van der Waals surface area contributed by atoms with Gasteiger partial charge in [-0.15, -0.1) is 0 Å². The molecule has 0 heterocycles. The molecule has 0 atom stereocenters. The van der Waals surface area contributed by atoms with Crippen LogP contribution in [0.1, 0.15) is 12.8 Å². The number of nitrogens with zero attached hydrogens (tertiary/aromatic N) is 1. The van der Waals surface area contributed by atoms with Gasteiger partial charge in [0.1, 0.15) is 0 Å². The van der Waals surface area contributed by atoms with Crippen molar-refractivity contribution in [3.8, 4) is 0 Å². The van der Waals surface area contributed by atoms with E-state index in [1.807, 2.05) is 0 Å². The van der Waals surface area contributed by atoms with Crippen LogP contribution in [0, 0.1) is 10.1 Å². The molecule has 1 saturated carbocycles. The first-order chi connectivity index (χ1) is 8.34. The molecule has 18 heavy (non-hydrogen) atoms. The zero-order chi connectivity index (χ0) is 13.4. The average Bonchev–Trinajstić information content (AvgIpc) is 3.06. The first-order valence-corrected chi connectivity index (χ1v) is 6.84. The summed E-state index contributed by atoms with van der Waals surface area (Å²) in [5, 5.41) is 10.8. The molecule has 3 N–H and O–H groups in total. The second kappa shape index (κ2) is 4.30. The van der Waals surface area contributed by atoms with Crippen molar-refractivity contribution in [3.63, 3.8) is 0 Å². The van der Waals surface area contributed by atoms with Crippen molar-refractivity contribution in [1.29, 1.82) is 0 Å². The Balaban J connectivity index is 2.26. The van der Waals surface area contributed by atoms with Crippen LogP contribution >= 0.6 is 0 Å². The van der Waals surface area contributed by atoms with Gasteiger partial charge < -0.3 is 5.73 Å². The number of hydrogen-bond donors (Lipinski definition) is 2. The molecule has 1 aromatic carbocycles. The summed E-state index contributed by atoms with van der Waals surface area (Å²) in [5.41, 5.74) is 4.84. The number of nitro groups is 1. The Bertz CT molecular complexity index is 581. The quantitative estimate of drug-likeness (QED) is 0.592. The van der Waals surface area contributed by atoms with Crippen LogP contribution in [-0.4, -0.2) is 25.4 Å². The molecule has 0 saturated heterocycles. The van der Waals surface area contributed by atoms with Crippen molar-refractivity contribution in [2.75, 3.05) is 6.54 Å². The van der Waals surface area contributed by atoms with E-state index >= 15 is 0 Å². The monoisotopic (exact) mass is 271 g/mol. The Kier molecular flexibility index (Phi) is 3.09. The average molecular weight is 271 g/mol. The minimum atomic E-state index is -3.90. The van der Waals surface area contributed by atoms with Crippen LogP contribution in [0.3, 0.4) is 0 Å². The maximum absolute atomic E-state index is 12.0. The van der Waals surface area contributed by atoms with E-state index in [4.69, 9.17) is 5.73 Å². The number of sulfonamides is 1. The van der Waals surface area contributed by atoms with Crippen molar-refractivity contribution >= 4 is 15.7 Å². The molecule has 0 spiro atoms. The zero-order valence-corrected chi connectivity index (χ0v) is 10.3. The van der Waals surface area contributed by atoms with E-state index in [1.54, 1.807) is 0 Å². The summed E-state index contributed by atoms with van der Waals surface area (Å²) >= 11 is 0. The van der Waals surface area contributed by atoms with E-state index in [1.165, 1.54) is 18.2 Å². The third-order valence-corrected chi connectivity index (χ3v) is 4.31. The Morgan fingerprint density at radius 2 is 2.00 bits per heavy atom. The molecule has 0 aromatic heterocycles. The Morgan fingerprint density at radius 3 is 2.56 bits per heavy atom. The van der Waals surface area contributed by atoms with Gasteiger partial charge in [0.2, 0.25) is 10.0 Å². The van der Waals surface area contributed by atoms with Crippen molar-refractivity contribution in [3.05, 3.63) is 34.4 Å². The smallest absolute Gasteiger partial charge is 0.289 e. The maximum atomic E-state index is 12.0. The maximum Gasteiger partial charge on any atom is 0.289 e. The van der Waals surface area contributed by atoms with E-state index in [-0.39, 0.29) is 11.4 Å². The van der Waals surface area contributed by atoms with Crippen LogP contribution in [-0.2, 0) is 10.0 Å². The SMILES string of the molecule is NC1(CNS(=O)(=O)c2ccccc2[N+](=O)[O-])CC1. The van der Waals surface area contributed by atoms with E-state index in [9.17, 15) is 18.5 Å². The predicted octanol–water partition coefficient (Wildman–Crippen LogP) is 0.364. The van der Waals surface area contributed by atoms with E-state index in [2.05, 4.69) is 4.72 Å². The number of rotatable bonds is 5. The Labute approximate surface area is 104 Å². The lowest BCUT2D eigenvalue weighted by atomic mass is 10.3. The van der Waals surface area contributed by atoms with Crippen LogP contribution in [0.4, 0.5) is 5.69 Å². The van der Waals surface area contributed by atoms with Gasteiger partial charge >= 0.3 is 0 Å². The lowest BCUT2D eigenvalue weighted by Crippen LogP contribution is -2.39. The second-order valence-electron chi connectivity index (χ2n) is 4.41. The molecule has 1 fully saturated rings. The third-order valence-electron chi connectivity index (χ3n) is 2.86. The summed E-state index contributed by atoms with van der Waals surface area (Å²) in [6.07, 6.45) is 1.51. The number of benzene rings is 1. The van der Waals surface area contributed by atoms with Crippen LogP contribution in [0.5, 0.6) is 0 Å². The highest BCUT2D eigenvalue weighted by atomic mass is 32.2. The fraction of sp³-hybridized carbons (Fsp3) is 0.400. The van der Waals surface area contributed by atoms with Crippen LogP contribution in [0.15, 0.2) is 29.2 Å². The van der Waals surface area contributed by atoms with Crippen LogP contribution < -0.4 is 10.5 Å². The number of nitrogens with two attached hydrogens (primary N) is 1. The lowest BCUT2D eigenvalue weighted by Gasteiger charge is -2.11. The summed E-state index contributed by atoms with van der Waals surface area (Å²) in [4.78, 5) is 9.72. The molecule has 0 amide bonds. The van der Waals surface area contributed by atoms with Gasteiger partial charge in [0, 0.05) is 18.2 Å². The van der Waals surface area contributed by atoms with Gasteiger partial charge in [-0.1, -0.05) is 12.1 Å². The number of nitrogens with one attached hydrogen (secondary N) is 1. The van der Waals surface area contributed by atoms with Gasteiger partial charge in [-0.3, -0.25) is 10.1 Å². The van der Waals surface area contributed by atoms with Crippen molar-refractivity contribution in [2.45, 2.75) is 23.3 Å². The highest BCUT2D eigenvalue weighted by molar-refractivity contribution is 7.89. The van der Waals surface area contributed by atoms with Gasteiger partial charge in [-0.05, 0) is 18.9 Å². The van der Waals surface area contributed by atoms with Crippen molar-refractivity contribution in [2.24, 2.45) is 5.73 Å². The molecular formula is C10H13N3O4S. The van der Waals surface area contributed by atoms with Gasteiger partial charge in [-0.25, -0.2) is 13.1 Å².